The molecule has 3 aromatic rings. The highest BCUT2D eigenvalue weighted by atomic mass is 32.2. The Labute approximate surface area is 182 Å². The quantitative estimate of drug-likeness (QED) is 0.577. The monoisotopic (exact) mass is 466 g/mol. The van der Waals surface area contributed by atoms with Crippen LogP contribution >= 0.6 is 11.7 Å². The number of nitrogens with one attached hydrogen (secondary N) is 2. The molecule has 0 spiro atoms. The minimum atomic E-state index is -3.73. The highest BCUT2D eigenvalue weighted by Crippen LogP contribution is 2.30. The maximum absolute atomic E-state index is 13.7. The van der Waals surface area contributed by atoms with Crippen molar-refractivity contribution in [3.05, 3.63) is 48.0 Å². The minimum absolute atomic E-state index is 0.0491. The van der Waals surface area contributed by atoms with Crippen molar-refractivity contribution in [2.45, 2.75) is 30.6 Å². The van der Waals surface area contributed by atoms with Crippen molar-refractivity contribution in [1.29, 1.82) is 0 Å². The molecule has 1 aromatic heterocycles. The number of sulfonamides is 1. The fourth-order valence-electron chi connectivity index (χ4n) is 3.76. The summed E-state index contributed by atoms with van der Waals surface area (Å²) in [5.74, 6) is -2.05. The molecule has 0 saturated heterocycles. The molecule has 31 heavy (non-hydrogen) atoms. The molecule has 7 nitrogen and oxygen atoms in total. The Kier molecular flexibility index (Phi) is 6.26. The van der Waals surface area contributed by atoms with Crippen LogP contribution in [0.3, 0.4) is 0 Å². The number of carbonyl (C=O) groups is 1. The third-order valence-corrected chi connectivity index (χ3v) is 7.50. The first-order valence-corrected chi connectivity index (χ1v) is 12.0. The van der Waals surface area contributed by atoms with E-state index in [0.717, 1.165) is 23.9 Å². The van der Waals surface area contributed by atoms with E-state index in [1.807, 2.05) is 0 Å². The normalized spacial score (nSPS) is 19.4. The Morgan fingerprint density at radius 2 is 1.87 bits per heavy atom. The van der Waals surface area contributed by atoms with Gasteiger partial charge in [0, 0.05) is 18.5 Å². The van der Waals surface area contributed by atoms with Crippen LogP contribution in [0.25, 0.3) is 11.0 Å². The molecule has 1 aliphatic carbocycles. The molecule has 2 aromatic carbocycles. The van der Waals surface area contributed by atoms with E-state index < -0.39 is 21.7 Å². The number of rotatable bonds is 6. The van der Waals surface area contributed by atoms with Gasteiger partial charge in [0.05, 0.1) is 17.4 Å². The van der Waals surface area contributed by atoms with Gasteiger partial charge in [-0.15, -0.1) is 0 Å². The van der Waals surface area contributed by atoms with E-state index in [1.54, 1.807) is 12.1 Å². The van der Waals surface area contributed by atoms with Crippen LogP contribution in [-0.2, 0) is 14.8 Å². The third kappa shape index (κ3) is 4.89. The molecule has 4 rings (SSSR count). The molecule has 1 heterocycles. The van der Waals surface area contributed by atoms with Crippen LogP contribution in [0.1, 0.15) is 25.7 Å². The number of halogens is 2. The molecule has 1 saturated carbocycles. The van der Waals surface area contributed by atoms with Gasteiger partial charge in [-0.1, -0.05) is 6.07 Å². The molecule has 1 fully saturated rings. The van der Waals surface area contributed by atoms with Gasteiger partial charge >= 0.3 is 0 Å². The summed E-state index contributed by atoms with van der Waals surface area (Å²) >= 11 is 0.962. The van der Waals surface area contributed by atoms with Gasteiger partial charge in [-0.25, -0.2) is 21.9 Å². The van der Waals surface area contributed by atoms with Gasteiger partial charge in [0.2, 0.25) is 15.9 Å². The zero-order valence-electron chi connectivity index (χ0n) is 16.3. The van der Waals surface area contributed by atoms with E-state index in [1.165, 1.54) is 12.1 Å². The minimum Gasteiger partial charge on any atom is -0.323 e. The molecule has 0 bridgehead atoms. The lowest BCUT2D eigenvalue weighted by atomic mass is 9.81. The van der Waals surface area contributed by atoms with Crippen molar-refractivity contribution in [2.24, 2.45) is 11.8 Å². The van der Waals surface area contributed by atoms with Crippen LogP contribution in [0.15, 0.2) is 41.3 Å². The number of hydrogen-bond acceptors (Lipinski definition) is 6. The number of anilines is 1. The predicted octanol–water partition coefficient (Wildman–Crippen LogP) is 3.69. The first-order chi connectivity index (χ1) is 14.8. The Morgan fingerprint density at radius 1 is 1.10 bits per heavy atom. The fraction of sp³-hybridized carbons (Fsp3) is 0.350. The van der Waals surface area contributed by atoms with E-state index in [4.69, 9.17) is 0 Å². The van der Waals surface area contributed by atoms with Gasteiger partial charge in [0.1, 0.15) is 27.6 Å². The second-order valence-electron chi connectivity index (χ2n) is 7.57. The lowest BCUT2D eigenvalue weighted by molar-refractivity contribution is -0.121. The molecule has 0 atom stereocenters. The maximum Gasteiger partial charge on any atom is 0.242 e. The fourth-order valence-corrected chi connectivity index (χ4v) is 5.64. The third-order valence-electron chi connectivity index (χ3n) is 5.51. The molecule has 1 aliphatic rings. The standard InChI is InChI=1S/C20H20F2N4O3S2/c21-14-8-9-16(15(22)10-14)24-20(27)13-6-4-12(5-7-13)11-23-31(28,29)18-3-1-2-17-19(18)26-30-25-17/h1-3,8-10,12-13,23H,4-7,11H2,(H,24,27). The van der Waals surface area contributed by atoms with Gasteiger partial charge in [0.25, 0.3) is 0 Å². The summed E-state index contributed by atoms with van der Waals surface area (Å²) in [6.45, 7) is 0.261. The Morgan fingerprint density at radius 3 is 2.61 bits per heavy atom. The molecule has 0 aliphatic heterocycles. The number of amides is 1. The van der Waals surface area contributed by atoms with Gasteiger partial charge in [-0.2, -0.15) is 8.75 Å². The summed E-state index contributed by atoms with van der Waals surface area (Å²) in [6.07, 6.45) is 2.45. The second kappa shape index (κ2) is 8.93. The van der Waals surface area contributed by atoms with Crippen molar-refractivity contribution in [1.82, 2.24) is 13.5 Å². The van der Waals surface area contributed by atoms with E-state index in [2.05, 4.69) is 18.8 Å². The van der Waals surface area contributed by atoms with Crippen LogP contribution in [0.5, 0.6) is 0 Å². The summed E-state index contributed by atoms with van der Waals surface area (Å²) in [7, 11) is -3.73. The summed E-state index contributed by atoms with van der Waals surface area (Å²) in [6, 6.07) is 7.85. The molecule has 2 N–H and O–H groups in total. The van der Waals surface area contributed by atoms with Crippen molar-refractivity contribution in [3.63, 3.8) is 0 Å². The highest BCUT2D eigenvalue weighted by Gasteiger charge is 2.28. The molecule has 1 amide bonds. The van der Waals surface area contributed by atoms with Crippen LogP contribution < -0.4 is 10.0 Å². The number of aromatic nitrogens is 2. The second-order valence-corrected chi connectivity index (χ2v) is 9.83. The average Bonchev–Trinajstić information content (AvgIpc) is 3.23. The van der Waals surface area contributed by atoms with E-state index in [9.17, 15) is 22.0 Å². The van der Waals surface area contributed by atoms with E-state index >= 15 is 0 Å². The van der Waals surface area contributed by atoms with Crippen molar-refractivity contribution >= 4 is 44.4 Å². The van der Waals surface area contributed by atoms with Crippen LogP contribution in [0.4, 0.5) is 14.5 Å². The summed E-state index contributed by atoms with van der Waals surface area (Å²) in [5.41, 5.74) is 0.845. The van der Waals surface area contributed by atoms with Crippen molar-refractivity contribution < 1.29 is 22.0 Å². The molecule has 0 radical (unpaired) electrons. The van der Waals surface area contributed by atoms with E-state index in [-0.39, 0.29) is 34.9 Å². The summed E-state index contributed by atoms with van der Waals surface area (Å²) < 4.78 is 63.0. The van der Waals surface area contributed by atoms with Crippen molar-refractivity contribution in [3.8, 4) is 0 Å². The first kappa shape index (κ1) is 21.7. The maximum atomic E-state index is 13.7. The molecule has 11 heteroatoms. The number of nitrogens with zero attached hydrogens (tertiary/aromatic N) is 2. The Bertz CT molecular complexity index is 1210. The lowest BCUT2D eigenvalue weighted by Crippen LogP contribution is -2.33. The van der Waals surface area contributed by atoms with Crippen LogP contribution in [0.2, 0.25) is 0 Å². The van der Waals surface area contributed by atoms with Crippen LogP contribution in [-0.4, -0.2) is 29.6 Å². The van der Waals surface area contributed by atoms with Gasteiger partial charge in [0.15, 0.2) is 0 Å². The zero-order valence-corrected chi connectivity index (χ0v) is 18.0. The zero-order chi connectivity index (χ0) is 22.0. The molecular formula is C20H20F2N4O3S2. The molecular weight excluding hydrogens is 446 g/mol. The predicted molar refractivity (Wildman–Crippen MR) is 113 cm³/mol. The summed E-state index contributed by atoms with van der Waals surface area (Å²) in [5, 5.41) is 2.51. The number of fused-ring (bicyclic) bond motifs is 1. The van der Waals surface area contributed by atoms with E-state index in [0.29, 0.717) is 36.7 Å². The highest BCUT2D eigenvalue weighted by molar-refractivity contribution is 7.89. The first-order valence-electron chi connectivity index (χ1n) is 9.80. The number of carbonyl (C=O) groups excluding carboxylic acids is 1. The number of benzene rings is 2. The molecule has 0 unspecified atom stereocenters. The lowest BCUT2D eigenvalue weighted by Gasteiger charge is -2.28. The molecule has 164 valence electrons. The topological polar surface area (TPSA) is 101 Å². The number of hydrogen-bond donors (Lipinski definition) is 2. The Balaban J connectivity index is 1.31. The van der Waals surface area contributed by atoms with Gasteiger partial charge < -0.3 is 5.32 Å². The summed E-state index contributed by atoms with van der Waals surface area (Å²) in [4.78, 5) is 12.5. The van der Waals surface area contributed by atoms with Gasteiger partial charge in [-0.3, -0.25) is 4.79 Å². The smallest absolute Gasteiger partial charge is 0.242 e. The van der Waals surface area contributed by atoms with Crippen molar-refractivity contribution in [2.75, 3.05) is 11.9 Å². The van der Waals surface area contributed by atoms with Crippen LogP contribution in [0, 0.1) is 23.5 Å². The SMILES string of the molecule is O=C(Nc1ccc(F)cc1F)C1CCC(CNS(=O)(=O)c2cccc3nsnc23)CC1. The van der Waals surface area contributed by atoms with Gasteiger partial charge in [-0.05, 0) is 55.9 Å². The largest absolute Gasteiger partial charge is 0.323 e. The average molecular weight is 467 g/mol. The Hall–Kier alpha value is -2.50.